The number of nitrogens with zero attached hydrogens (tertiary/aromatic N) is 2. The summed E-state index contributed by atoms with van der Waals surface area (Å²) in [6.07, 6.45) is 0.806. The summed E-state index contributed by atoms with van der Waals surface area (Å²) in [5.74, 6) is 1.59. The van der Waals surface area contributed by atoms with Crippen LogP contribution in [0.3, 0.4) is 0 Å². The number of aryl methyl sites for hydroxylation is 1. The molecular weight excluding hydrogens is 362 g/mol. The van der Waals surface area contributed by atoms with Crippen molar-refractivity contribution in [3.63, 3.8) is 0 Å². The molecule has 0 bridgehead atoms. The van der Waals surface area contributed by atoms with Gasteiger partial charge in [0.2, 0.25) is 0 Å². The van der Waals surface area contributed by atoms with Crippen molar-refractivity contribution >= 4 is 16.9 Å². The van der Waals surface area contributed by atoms with Crippen LogP contribution in [0.2, 0.25) is 0 Å². The second kappa shape index (κ2) is 8.19. The largest absolute Gasteiger partial charge is 0.497 e. The van der Waals surface area contributed by atoms with E-state index in [2.05, 4.69) is 27.0 Å². The minimum Gasteiger partial charge on any atom is -0.497 e. The highest BCUT2D eigenvalue weighted by Gasteiger charge is 2.13. The molecule has 4 rings (SSSR count). The first-order chi connectivity index (χ1) is 14.2. The smallest absolute Gasteiger partial charge is 0.251 e. The minimum absolute atomic E-state index is 0.0838. The van der Waals surface area contributed by atoms with Gasteiger partial charge in [0.1, 0.15) is 11.6 Å². The Kier molecular flexibility index (Phi) is 5.29. The number of amides is 1. The van der Waals surface area contributed by atoms with Crippen LogP contribution in [0.5, 0.6) is 5.75 Å². The normalized spacial score (nSPS) is 10.8. The molecule has 1 aromatic heterocycles. The number of nitrogens with one attached hydrogen (secondary N) is 1. The number of imidazole rings is 1. The molecule has 4 aromatic rings. The van der Waals surface area contributed by atoms with Gasteiger partial charge in [0.25, 0.3) is 5.91 Å². The summed E-state index contributed by atoms with van der Waals surface area (Å²) in [5.41, 5.74) is 4.59. The van der Waals surface area contributed by atoms with Crippen LogP contribution in [0.1, 0.15) is 21.7 Å². The second-order valence-electron chi connectivity index (χ2n) is 6.89. The van der Waals surface area contributed by atoms with E-state index in [1.165, 1.54) is 5.56 Å². The van der Waals surface area contributed by atoms with Crippen LogP contribution in [-0.2, 0) is 6.42 Å². The fourth-order valence-electron chi connectivity index (χ4n) is 3.47. The van der Waals surface area contributed by atoms with E-state index in [9.17, 15) is 4.79 Å². The maximum absolute atomic E-state index is 12.6. The number of hydrogen-bond donors (Lipinski definition) is 1. The van der Waals surface area contributed by atoms with Gasteiger partial charge in [-0.15, -0.1) is 0 Å². The fraction of sp³-hybridized carbons (Fsp3) is 0.167. The first-order valence-corrected chi connectivity index (χ1v) is 9.61. The number of rotatable bonds is 6. The number of benzene rings is 3. The van der Waals surface area contributed by atoms with Crippen LogP contribution in [-0.4, -0.2) is 29.1 Å². The Morgan fingerprint density at radius 1 is 1.03 bits per heavy atom. The van der Waals surface area contributed by atoms with Crippen LogP contribution in [0, 0.1) is 6.92 Å². The standard InChI is InChI=1S/C24H23N3O2/c1-17-26-22-16-19(24(28)25-15-14-18-6-4-3-5-7-18)8-13-23(22)27(17)20-9-11-21(29-2)12-10-20/h3-13,16H,14-15H2,1-2H3,(H,25,28). The molecule has 0 saturated carbocycles. The molecule has 3 aromatic carbocycles. The zero-order valence-corrected chi connectivity index (χ0v) is 16.6. The molecule has 0 aliphatic carbocycles. The van der Waals surface area contributed by atoms with Crippen molar-refractivity contribution in [2.24, 2.45) is 0 Å². The SMILES string of the molecule is COc1ccc(-n2c(C)nc3cc(C(=O)NCCc4ccccc4)ccc32)cc1. The van der Waals surface area contributed by atoms with E-state index in [0.29, 0.717) is 12.1 Å². The molecule has 1 heterocycles. The Hall–Kier alpha value is -3.60. The number of hydrogen-bond acceptors (Lipinski definition) is 3. The quantitative estimate of drug-likeness (QED) is 0.538. The lowest BCUT2D eigenvalue weighted by molar-refractivity contribution is 0.0954. The van der Waals surface area contributed by atoms with Gasteiger partial charge >= 0.3 is 0 Å². The van der Waals surface area contributed by atoms with Crippen molar-refractivity contribution in [1.82, 2.24) is 14.9 Å². The van der Waals surface area contributed by atoms with Crippen LogP contribution >= 0.6 is 0 Å². The van der Waals surface area contributed by atoms with E-state index in [0.717, 1.165) is 34.7 Å². The molecular formula is C24H23N3O2. The summed E-state index contributed by atoms with van der Waals surface area (Å²) < 4.78 is 7.31. The van der Waals surface area contributed by atoms with E-state index in [1.807, 2.05) is 67.6 Å². The Labute approximate surface area is 170 Å². The first kappa shape index (κ1) is 18.7. The summed E-state index contributed by atoms with van der Waals surface area (Å²) in [6, 6.07) is 23.6. The molecule has 0 fully saturated rings. The summed E-state index contributed by atoms with van der Waals surface area (Å²) in [4.78, 5) is 17.2. The number of methoxy groups -OCH3 is 1. The van der Waals surface area contributed by atoms with Gasteiger partial charge in [0.15, 0.2) is 0 Å². The molecule has 0 saturated heterocycles. The van der Waals surface area contributed by atoms with Gasteiger partial charge in [-0.25, -0.2) is 4.98 Å². The third-order valence-corrected chi connectivity index (χ3v) is 4.96. The molecule has 0 unspecified atom stereocenters. The monoisotopic (exact) mass is 385 g/mol. The van der Waals surface area contributed by atoms with Gasteiger partial charge in [-0.3, -0.25) is 9.36 Å². The van der Waals surface area contributed by atoms with Crippen molar-refractivity contribution < 1.29 is 9.53 Å². The Bertz CT molecular complexity index is 1130. The highest BCUT2D eigenvalue weighted by atomic mass is 16.5. The van der Waals surface area contributed by atoms with Crippen LogP contribution in [0.15, 0.2) is 72.8 Å². The molecule has 5 heteroatoms. The molecule has 5 nitrogen and oxygen atoms in total. The minimum atomic E-state index is -0.0838. The maximum atomic E-state index is 12.6. The van der Waals surface area contributed by atoms with Gasteiger partial charge in [-0.2, -0.15) is 0 Å². The molecule has 0 radical (unpaired) electrons. The fourth-order valence-corrected chi connectivity index (χ4v) is 3.47. The zero-order valence-electron chi connectivity index (χ0n) is 16.6. The van der Waals surface area contributed by atoms with E-state index >= 15 is 0 Å². The zero-order chi connectivity index (χ0) is 20.2. The summed E-state index contributed by atoms with van der Waals surface area (Å²) in [6.45, 7) is 2.56. The van der Waals surface area contributed by atoms with E-state index in [4.69, 9.17) is 4.74 Å². The lowest BCUT2D eigenvalue weighted by Gasteiger charge is -2.09. The Balaban J connectivity index is 1.52. The lowest BCUT2D eigenvalue weighted by atomic mass is 10.1. The van der Waals surface area contributed by atoms with Crippen molar-refractivity contribution in [3.05, 3.63) is 89.7 Å². The van der Waals surface area contributed by atoms with Gasteiger partial charge in [-0.1, -0.05) is 30.3 Å². The predicted octanol–water partition coefficient (Wildman–Crippen LogP) is 4.32. The maximum Gasteiger partial charge on any atom is 0.251 e. The van der Waals surface area contributed by atoms with Gasteiger partial charge in [-0.05, 0) is 61.4 Å². The number of fused-ring (bicyclic) bond motifs is 1. The van der Waals surface area contributed by atoms with E-state index in [-0.39, 0.29) is 5.91 Å². The van der Waals surface area contributed by atoms with Crippen molar-refractivity contribution in [3.8, 4) is 11.4 Å². The average molecular weight is 385 g/mol. The molecule has 29 heavy (non-hydrogen) atoms. The molecule has 0 aliphatic heterocycles. The summed E-state index contributed by atoms with van der Waals surface area (Å²) >= 11 is 0. The van der Waals surface area contributed by atoms with Crippen LogP contribution in [0.25, 0.3) is 16.7 Å². The molecule has 0 atom stereocenters. The summed E-state index contributed by atoms with van der Waals surface area (Å²) in [5, 5.41) is 2.99. The van der Waals surface area contributed by atoms with Crippen molar-refractivity contribution in [1.29, 1.82) is 0 Å². The molecule has 146 valence electrons. The molecule has 0 spiro atoms. The lowest BCUT2D eigenvalue weighted by Crippen LogP contribution is -2.25. The molecule has 0 aliphatic rings. The highest BCUT2D eigenvalue weighted by molar-refractivity contribution is 5.97. The molecule has 1 amide bonds. The van der Waals surface area contributed by atoms with Gasteiger partial charge in [0, 0.05) is 17.8 Å². The van der Waals surface area contributed by atoms with Crippen molar-refractivity contribution in [2.45, 2.75) is 13.3 Å². The molecule has 1 N–H and O–H groups in total. The topological polar surface area (TPSA) is 56.2 Å². The Morgan fingerprint density at radius 3 is 2.52 bits per heavy atom. The second-order valence-corrected chi connectivity index (χ2v) is 6.89. The Morgan fingerprint density at radius 2 is 1.79 bits per heavy atom. The predicted molar refractivity (Wildman–Crippen MR) is 115 cm³/mol. The van der Waals surface area contributed by atoms with Gasteiger partial charge in [0.05, 0.1) is 18.1 Å². The number of carbonyl (C=O) groups excluding carboxylic acids is 1. The van der Waals surface area contributed by atoms with E-state index < -0.39 is 0 Å². The van der Waals surface area contributed by atoms with Crippen LogP contribution < -0.4 is 10.1 Å². The van der Waals surface area contributed by atoms with Crippen LogP contribution in [0.4, 0.5) is 0 Å². The highest BCUT2D eigenvalue weighted by Crippen LogP contribution is 2.24. The van der Waals surface area contributed by atoms with Crippen molar-refractivity contribution in [2.75, 3.05) is 13.7 Å². The van der Waals surface area contributed by atoms with E-state index in [1.54, 1.807) is 7.11 Å². The first-order valence-electron chi connectivity index (χ1n) is 9.61. The number of aromatic nitrogens is 2. The number of ether oxygens (including phenoxy) is 1. The number of carbonyl (C=O) groups is 1. The average Bonchev–Trinajstić information content (AvgIpc) is 3.09. The third kappa shape index (κ3) is 3.99. The third-order valence-electron chi connectivity index (χ3n) is 4.96. The summed E-state index contributed by atoms with van der Waals surface area (Å²) in [7, 11) is 1.65. The van der Waals surface area contributed by atoms with Gasteiger partial charge < -0.3 is 10.1 Å².